The summed E-state index contributed by atoms with van der Waals surface area (Å²) in [4.78, 5) is 28.0. The van der Waals surface area contributed by atoms with Gasteiger partial charge in [0.15, 0.2) is 0 Å². The summed E-state index contributed by atoms with van der Waals surface area (Å²) in [6, 6.07) is 12.1. The molecule has 2 heterocycles. The number of carbonyl (C=O) groups excluding carboxylic acids is 2. The van der Waals surface area contributed by atoms with Crippen LogP contribution in [0.5, 0.6) is 5.75 Å². The van der Waals surface area contributed by atoms with E-state index in [1.807, 2.05) is 26.2 Å². The number of hydrogen-bond donors (Lipinski definition) is 2. The Morgan fingerprint density at radius 2 is 1.64 bits per heavy atom. The molecule has 33 heavy (non-hydrogen) atoms. The Morgan fingerprint density at radius 3 is 2.33 bits per heavy atom. The van der Waals surface area contributed by atoms with Gasteiger partial charge in [-0.15, -0.1) is 0 Å². The SMILES string of the molecule is CN(C)CCCn1c2ccc(O)cc2c2c3c(c(-c4c(Cl)cccc4Cl)cc21)C(=O)NC3=O. The maximum Gasteiger partial charge on any atom is 0.259 e. The maximum absolute atomic E-state index is 13.0. The maximum atomic E-state index is 13.0. The first-order valence-corrected chi connectivity index (χ1v) is 11.3. The first-order valence-electron chi connectivity index (χ1n) is 10.5. The van der Waals surface area contributed by atoms with Gasteiger partial charge in [0.05, 0.1) is 16.6 Å². The molecule has 8 heteroatoms. The molecule has 0 spiro atoms. The molecule has 5 rings (SSSR count). The third-order valence-corrected chi connectivity index (χ3v) is 6.67. The van der Waals surface area contributed by atoms with Crippen LogP contribution < -0.4 is 5.32 Å². The van der Waals surface area contributed by atoms with Crippen molar-refractivity contribution in [3.05, 3.63) is 63.6 Å². The fraction of sp³-hybridized carbons (Fsp3) is 0.200. The van der Waals surface area contributed by atoms with Crippen molar-refractivity contribution in [3.8, 4) is 16.9 Å². The van der Waals surface area contributed by atoms with Crippen molar-refractivity contribution in [2.75, 3.05) is 20.6 Å². The van der Waals surface area contributed by atoms with Gasteiger partial charge in [0, 0.05) is 44.0 Å². The first kappa shape index (κ1) is 21.8. The molecule has 0 bridgehead atoms. The molecule has 3 aromatic carbocycles. The highest BCUT2D eigenvalue weighted by molar-refractivity contribution is 6.41. The molecule has 0 saturated carbocycles. The average molecular weight is 482 g/mol. The van der Waals surface area contributed by atoms with Gasteiger partial charge >= 0.3 is 0 Å². The fourth-order valence-corrected chi connectivity index (χ4v) is 5.27. The molecule has 2 amide bonds. The minimum Gasteiger partial charge on any atom is -0.508 e. The van der Waals surface area contributed by atoms with Gasteiger partial charge < -0.3 is 14.6 Å². The van der Waals surface area contributed by atoms with E-state index in [2.05, 4.69) is 14.8 Å². The number of imide groups is 1. The van der Waals surface area contributed by atoms with E-state index >= 15 is 0 Å². The molecule has 0 radical (unpaired) electrons. The monoisotopic (exact) mass is 481 g/mol. The van der Waals surface area contributed by atoms with Crippen LogP contribution in [0.4, 0.5) is 0 Å². The van der Waals surface area contributed by atoms with Crippen LogP contribution in [-0.4, -0.2) is 47.0 Å². The number of rotatable bonds is 5. The van der Waals surface area contributed by atoms with Gasteiger partial charge in [-0.25, -0.2) is 0 Å². The summed E-state index contributed by atoms with van der Waals surface area (Å²) in [6.07, 6.45) is 0.872. The number of nitrogens with zero attached hydrogens (tertiary/aromatic N) is 2. The Balaban J connectivity index is 1.91. The first-order chi connectivity index (χ1) is 15.8. The van der Waals surface area contributed by atoms with E-state index < -0.39 is 11.8 Å². The van der Waals surface area contributed by atoms with Crippen LogP contribution in [-0.2, 0) is 6.54 Å². The summed E-state index contributed by atoms with van der Waals surface area (Å²) in [7, 11) is 4.04. The van der Waals surface area contributed by atoms with E-state index in [-0.39, 0.29) is 16.9 Å². The lowest BCUT2D eigenvalue weighted by molar-refractivity contribution is 0.0880. The highest BCUT2D eigenvalue weighted by Crippen LogP contribution is 2.44. The standard InChI is InChI=1S/C25H21Cl2N3O3/c1-29(2)9-4-10-30-18-8-7-13(31)11-14(18)21-19(30)12-15(20-16(26)5-3-6-17(20)27)22-23(21)25(33)28-24(22)32/h3,5-8,11-12,31H,4,9-10H2,1-2H3,(H,28,32,33). The predicted octanol–water partition coefficient (Wildman–Crippen LogP) is 5.31. The third-order valence-electron chi connectivity index (χ3n) is 6.04. The minimum absolute atomic E-state index is 0.0894. The van der Waals surface area contributed by atoms with Crippen LogP contribution in [0.3, 0.4) is 0 Å². The van der Waals surface area contributed by atoms with Gasteiger partial charge in [0.25, 0.3) is 11.8 Å². The summed E-state index contributed by atoms with van der Waals surface area (Å²) < 4.78 is 2.12. The van der Waals surface area contributed by atoms with Crippen LogP contribution in [0.15, 0.2) is 42.5 Å². The van der Waals surface area contributed by atoms with E-state index in [1.165, 1.54) is 0 Å². The van der Waals surface area contributed by atoms with E-state index in [1.54, 1.807) is 30.3 Å². The van der Waals surface area contributed by atoms with Crippen LogP contribution in [0, 0.1) is 0 Å². The lowest BCUT2D eigenvalue weighted by Crippen LogP contribution is -2.20. The lowest BCUT2D eigenvalue weighted by atomic mass is 9.92. The molecule has 0 saturated heterocycles. The second-order valence-corrected chi connectivity index (χ2v) is 9.27. The number of benzene rings is 3. The van der Waals surface area contributed by atoms with Gasteiger partial charge in [0.2, 0.25) is 0 Å². The molecule has 0 unspecified atom stereocenters. The van der Waals surface area contributed by atoms with E-state index in [4.69, 9.17) is 23.2 Å². The number of halogens is 2. The largest absolute Gasteiger partial charge is 0.508 e. The second-order valence-electron chi connectivity index (χ2n) is 8.46. The molecular weight excluding hydrogens is 461 g/mol. The van der Waals surface area contributed by atoms with Crippen LogP contribution in [0.1, 0.15) is 27.1 Å². The fourth-order valence-electron chi connectivity index (χ4n) is 4.67. The number of phenolic OH excluding ortho intramolecular Hbond substituents is 1. The van der Waals surface area contributed by atoms with Gasteiger partial charge in [-0.3, -0.25) is 14.9 Å². The van der Waals surface area contributed by atoms with Crippen molar-refractivity contribution in [3.63, 3.8) is 0 Å². The molecule has 168 valence electrons. The average Bonchev–Trinajstić information content (AvgIpc) is 3.21. The van der Waals surface area contributed by atoms with Crippen molar-refractivity contribution in [1.82, 2.24) is 14.8 Å². The second kappa shape index (κ2) is 8.06. The van der Waals surface area contributed by atoms with Crippen LogP contribution >= 0.6 is 23.2 Å². The summed E-state index contributed by atoms with van der Waals surface area (Å²) in [5.74, 6) is -0.871. The quantitative estimate of drug-likeness (QED) is 0.378. The Kier molecular flexibility index (Phi) is 5.32. The van der Waals surface area contributed by atoms with Crippen LogP contribution in [0.25, 0.3) is 32.9 Å². The summed E-state index contributed by atoms with van der Waals surface area (Å²) >= 11 is 13.0. The number of carbonyl (C=O) groups is 2. The van der Waals surface area contributed by atoms with Gasteiger partial charge in [0.1, 0.15) is 5.75 Å². The number of hydrogen-bond acceptors (Lipinski definition) is 4. The van der Waals surface area contributed by atoms with E-state index in [0.717, 1.165) is 24.0 Å². The Morgan fingerprint density at radius 1 is 0.939 bits per heavy atom. The molecule has 6 nitrogen and oxygen atoms in total. The summed E-state index contributed by atoms with van der Waals surface area (Å²) in [6.45, 7) is 1.57. The van der Waals surface area contributed by atoms with E-state index in [9.17, 15) is 14.7 Å². The Labute approximate surface area is 200 Å². The normalized spacial score (nSPS) is 13.4. The Bertz CT molecular complexity index is 1450. The molecule has 1 aliphatic heterocycles. The van der Waals surface area contributed by atoms with Crippen molar-refractivity contribution >= 4 is 56.8 Å². The van der Waals surface area contributed by atoms with E-state index in [0.29, 0.717) is 38.5 Å². The lowest BCUT2D eigenvalue weighted by Gasteiger charge is -2.14. The molecule has 0 fully saturated rings. The number of fused-ring (bicyclic) bond motifs is 5. The van der Waals surface area contributed by atoms with Crippen molar-refractivity contribution in [1.29, 1.82) is 0 Å². The highest BCUT2D eigenvalue weighted by Gasteiger charge is 2.35. The zero-order valence-corrected chi connectivity index (χ0v) is 19.6. The van der Waals surface area contributed by atoms with Crippen molar-refractivity contribution in [2.24, 2.45) is 0 Å². The smallest absolute Gasteiger partial charge is 0.259 e. The highest BCUT2D eigenvalue weighted by atomic mass is 35.5. The number of aromatic hydroxyl groups is 1. The van der Waals surface area contributed by atoms with Gasteiger partial charge in [-0.05, 0) is 63.5 Å². The molecule has 1 aromatic heterocycles. The molecule has 4 aromatic rings. The van der Waals surface area contributed by atoms with Crippen LogP contribution in [0.2, 0.25) is 10.0 Å². The number of aromatic nitrogens is 1. The molecule has 0 atom stereocenters. The molecule has 2 N–H and O–H groups in total. The van der Waals surface area contributed by atoms with Crippen molar-refractivity contribution < 1.29 is 14.7 Å². The number of phenols is 1. The zero-order chi connectivity index (χ0) is 23.4. The zero-order valence-electron chi connectivity index (χ0n) is 18.1. The molecular formula is C25H21Cl2N3O3. The minimum atomic E-state index is -0.489. The number of amides is 2. The van der Waals surface area contributed by atoms with Gasteiger partial charge in [-0.1, -0.05) is 29.3 Å². The summed E-state index contributed by atoms with van der Waals surface area (Å²) in [5, 5.41) is 14.8. The molecule has 0 aliphatic carbocycles. The molecule has 1 aliphatic rings. The number of nitrogens with one attached hydrogen (secondary N) is 1. The number of aryl methyl sites for hydroxylation is 1. The van der Waals surface area contributed by atoms with Crippen molar-refractivity contribution in [2.45, 2.75) is 13.0 Å². The summed E-state index contributed by atoms with van der Waals surface area (Å²) in [5.41, 5.74) is 3.21. The third kappa shape index (κ3) is 3.46. The predicted molar refractivity (Wildman–Crippen MR) is 132 cm³/mol. The van der Waals surface area contributed by atoms with Gasteiger partial charge in [-0.2, -0.15) is 0 Å². The topological polar surface area (TPSA) is 74.6 Å². The Hall–Kier alpha value is -3.06.